The van der Waals surface area contributed by atoms with Gasteiger partial charge < -0.3 is 9.88 Å². The molecule has 3 heterocycles. The number of aromatic nitrogens is 3. The minimum Gasteiger partial charge on any atom is -0.361 e. The number of carbonyl (C=O) groups excluding carboxylic acids is 1. The van der Waals surface area contributed by atoms with Crippen LogP contribution in [-0.4, -0.2) is 38.8 Å². The van der Waals surface area contributed by atoms with E-state index in [0.29, 0.717) is 13.0 Å². The van der Waals surface area contributed by atoms with Crippen molar-refractivity contribution < 1.29 is 9.18 Å². The number of rotatable bonds is 4. The topological polar surface area (TPSA) is 61.9 Å². The van der Waals surface area contributed by atoms with E-state index in [9.17, 15) is 9.18 Å². The van der Waals surface area contributed by atoms with Crippen LogP contribution in [-0.2, 0) is 11.2 Å². The van der Waals surface area contributed by atoms with Crippen LogP contribution in [0.4, 0.5) is 4.39 Å². The Morgan fingerprint density at radius 2 is 1.90 bits per heavy atom. The van der Waals surface area contributed by atoms with Crippen LogP contribution >= 0.6 is 0 Å². The van der Waals surface area contributed by atoms with E-state index in [4.69, 9.17) is 0 Å². The molecule has 4 aromatic rings. The maximum atomic E-state index is 13.4. The lowest BCUT2D eigenvalue weighted by molar-refractivity contribution is -0.131. The highest BCUT2D eigenvalue weighted by molar-refractivity contribution is 5.89. The lowest BCUT2D eigenvalue weighted by Gasteiger charge is -2.33. The maximum absolute atomic E-state index is 13.4. The third-order valence-corrected chi connectivity index (χ3v) is 6.02. The first-order valence-corrected chi connectivity index (χ1v) is 10.6. The Balaban J connectivity index is 1.36. The molecule has 31 heavy (non-hydrogen) atoms. The quantitative estimate of drug-likeness (QED) is 0.526. The molecule has 6 heteroatoms. The molecule has 1 aliphatic heterocycles. The van der Waals surface area contributed by atoms with Gasteiger partial charge in [0.2, 0.25) is 5.91 Å². The zero-order chi connectivity index (χ0) is 21.2. The molecule has 0 radical (unpaired) electrons. The van der Waals surface area contributed by atoms with Crippen molar-refractivity contribution in [2.45, 2.75) is 25.2 Å². The molecule has 5 nitrogen and oxygen atoms in total. The van der Waals surface area contributed by atoms with Gasteiger partial charge in [0, 0.05) is 54.1 Å². The van der Waals surface area contributed by atoms with Crippen molar-refractivity contribution in [3.63, 3.8) is 0 Å². The fourth-order valence-electron chi connectivity index (χ4n) is 4.46. The largest absolute Gasteiger partial charge is 0.361 e. The number of piperidine rings is 1. The van der Waals surface area contributed by atoms with Crippen LogP contribution < -0.4 is 0 Å². The highest BCUT2D eigenvalue weighted by atomic mass is 19.1. The van der Waals surface area contributed by atoms with Gasteiger partial charge in [-0.05, 0) is 48.7 Å². The summed E-state index contributed by atoms with van der Waals surface area (Å²) in [5.74, 6) is -0.0444. The number of halogens is 1. The Labute approximate surface area is 180 Å². The summed E-state index contributed by atoms with van der Waals surface area (Å²) in [6.07, 6.45) is 7.52. The molecule has 2 aromatic carbocycles. The first-order valence-electron chi connectivity index (χ1n) is 10.6. The van der Waals surface area contributed by atoms with Crippen molar-refractivity contribution in [1.29, 1.82) is 0 Å². The molecule has 0 spiro atoms. The van der Waals surface area contributed by atoms with Crippen molar-refractivity contribution in [3.8, 4) is 11.3 Å². The Bertz CT molecular complexity index is 1220. The first kappa shape index (κ1) is 19.4. The van der Waals surface area contributed by atoms with Crippen molar-refractivity contribution in [2.75, 3.05) is 13.1 Å². The van der Waals surface area contributed by atoms with Gasteiger partial charge in [0.1, 0.15) is 5.82 Å². The Hall–Kier alpha value is -3.54. The average Bonchev–Trinajstić information content (AvgIpc) is 3.22. The second-order valence-corrected chi connectivity index (χ2v) is 8.01. The molecular formula is C25H23FN4O. The van der Waals surface area contributed by atoms with Gasteiger partial charge in [0.15, 0.2) is 0 Å². The molecule has 0 saturated carbocycles. The van der Waals surface area contributed by atoms with Gasteiger partial charge in [0.25, 0.3) is 0 Å². The van der Waals surface area contributed by atoms with Crippen LogP contribution in [0.1, 0.15) is 30.0 Å². The molecule has 0 bridgehead atoms. The minimum atomic E-state index is -0.277. The molecule has 0 aliphatic carbocycles. The van der Waals surface area contributed by atoms with Gasteiger partial charge in [-0.1, -0.05) is 18.2 Å². The molecule has 1 amide bonds. The van der Waals surface area contributed by atoms with E-state index in [2.05, 4.69) is 15.0 Å². The normalized spacial score (nSPS) is 16.5. The van der Waals surface area contributed by atoms with Crippen LogP contribution in [0.5, 0.6) is 0 Å². The number of hydrogen-bond acceptors (Lipinski definition) is 3. The van der Waals surface area contributed by atoms with Gasteiger partial charge in [-0.25, -0.2) is 4.39 Å². The van der Waals surface area contributed by atoms with Gasteiger partial charge in [-0.3, -0.25) is 14.8 Å². The van der Waals surface area contributed by atoms with Crippen LogP contribution in [0, 0.1) is 5.82 Å². The van der Waals surface area contributed by atoms with E-state index in [1.165, 1.54) is 12.1 Å². The van der Waals surface area contributed by atoms with E-state index in [-0.39, 0.29) is 17.6 Å². The Morgan fingerprint density at radius 1 is 1.10 bits per heavy atom. The number of fused-ring (bicyclic) bond motifs is 1. The van der Waals surface area contributed by atoms with Crippen molar-refractivity contribution in [1.82, 2.24) is 19.9 Å². The third-order valence-electron chi connectivity index (χ3n) is 6.02. The van der Waals surface area contributed by atoms with Crippen molar-refractivity contribution >= 4 is 16.8 Å². The van der Waals surface area contributed by atoms with Gasteiger partial charge >= 0.3 is 0 Å². The van der Waals surface area contributed by atoms with Crippen LogP contribution in [0.3, 0.4) is 0 Å². The number of benzene rings is 2. The molecule has 1 fully saturated rings. The summed E-state index contributed by atoms with van der Waals surface area (Å²) in [7, 11) is 0. The zero-order valence-electron chi connectivity index (χ0n) is 17.1. The molecular weight excluding hydrogens is 391 g/mol. The molecule has 1 atom stereocenters. The molecule has 1 N–H and O–H groups in total. The number of H-pyrrole nitrogens is 1. The van der Waals surface area contributed by atoms with Gasteiger partial charge in [-0.2, -0.15) is 0 Å². The Kier molecular flexibility index (Phi) is 5.20. The van der Waals surface area contributed by atoms with E-state index < -0.39 is 0 Å². The predicted octanol–water partition coefficient (Wildman–Crippen LogP) is 4.71. The Morgan fingerprint density at radius 3 is 2.77 bits per heavy atom. The summed E-state index contributed by atoms with van der Waals surface area (Å²) in [6.45, 7) is 1.37. The second-order valence-electron chi connectivity index (χ2n) is 8.01. The molecule has 0 unspecified atom stereocenters. The molecule has 156 valence electrons. The molecule has 1 aliphatic rings. The number of nitrogens with one attached hydrogen (secondary N) is 1. The highest BCUT2D eigenvalue weighted by Gasteiger charge is 2.28. The monoisotopic (exact) mass is 414 g/mol. The first-order chi connectivity index (χ1) is 15.2. The second kappa shape index (κ2) is 8.30. The lowest BCUT2D eigenvalue weighted by atomic mass is 9.91. The van der Waals surface area contributed by atoms with Crippen LogP contribution in [0.15, 0.2) is 67.1 Å². The maximum Gasteiger partial charge on any atom is 0.227 e. The number of amides is 1. The molecule has 5 rings (SSSR count). The van der Waals surface area contributed by atoms with Crippen molar-refractivity contribution in [3.05, 3.63) is 84.2 Å². The summed E-state index contributed by atoms with van der Waals surface area (Å²) in [5.41, 5.74) is 4.54. The SMILES string of the molecule is O=C(Cc1c[nH]c2ccccc12)N1CCC[C@H](c2nccnc2-c2ccc(F)cc2)C1. The number of nitrogens with zero attached hydrogens (tertiary/aromatic N) is 3. The number of aromatic amines is 1. The van der Waals surface area contributed by atoms with Crippen LogP contribution in [0.2, 0.25) is 0 Å². The third kappa shape index (κ3) is 3.93. The number of likely N-dealkylation sites (tertiary alicyclic amines) is 1. The highest BCUT2D eigenvalue weighted by Crippen LogP contribution is 2.32. The van der Waals surface area contributed by atoms with E-state index >= 15 is 0 Å². The summed E-state index contributed by atoms with van der Waals surface area (Å²) in [4.78, 5) is 27.4. The number of para-hydroxylation sites is 1. The molecule has 1 saturated heterocycles. The fourth-order valence-corrected chi connectivity index (χ4v) is 4.46. The van der Waals surface area contributed by atoms with E-state index in [0.717, 1.165) is 52.8 Å². The lowest BCUT2D eigenvalue weighted by Crippen LogP contribution is -2.40. The summed E-state index contributed by atoms with van der Waals surface area (Å²) < 4.78 is 13.4. The van der Waals surface area contributed by atoms with E-state index in [1.54, 1.807) is 24.5 Å². The minimum absolute atomic E-state index is 0.106. The fraction of sp³-hybridized carbons (Fsp3) is 0.240. The summed E-state index contributed by atoms with van der Waals surface area (Å²) >= 11 is 0. The average molecular weight is 414 g/mol. The van der Waals surface area contributed by atoms with Gasteiger partial charge in [-0.15, -0.1) is 0 Å². The zero-order valence-corrected chi connectivity index (χ0v) is 17.1. The van der Waals surface area contributed by atoms with Crippen LogP contribution in [0.25, 0.3) is 22.2 Å². The van der Waals surface area contributed by atoms with E-state index in [1.807, 2.05) is 35.4 Å². The summed E-state index contributed by atoms with van der Waals surface area (Å²) in [6, 6.07) is 14.4. The van der Waals surface area contributed by atoms with Crippen molar-refractivity contribution in [2.24, 2.45) is 0 Å². The standard InChI is InChI=1S/C25H23FN4O/c26-20-9-7-17(8-10-20)24-25(28-12-11-27-24)18-4-3-13-30(16-18)23(31)14-19-15-29-22-6-2-1-5-21(19)22/h1-2,5-12,15,18,29H,3-4,13-14,16H2/t18-/m0/s1. The van der Waals surface area contributed by atoms with Gasteiger partial charge in [0.05, 0.1) is 17.8 Å². The summed E-state index contributed by atoms with van der Waals surface area (Å²) in [5, 5.41) is 1.09. The smallest absolute Gasteiger partial charge is 0.227 e. The molecule has 2 aromatic heterocycles. The number of carbonyl (C=O) groups is 1. The number of hydrogen-bond donors (Lipinski definition) is 1. The predicted molar refractivity (Wildman–Crippen MR) is 118 cm³/mol.